The van der Waals surface area contributed by atoms with Crippen LogP contribution in [0.4, 0.5) is 5.69 Å². The first kappa shape index (κ1) is 21.5. The van der Waals surface area contributed by atoms with Crippen molar-refractivity contribution < 1.29 is 9.53 Å². The van der Waals surface area contributed by atoms with Crippen LogP contribution < -0.4 is 15.0 Å². The van der Waals surface area contributed by atoms with Gasteiger partial charge < -0.3 is 15.0 Å². The molecule has 2 aromatic carbocycles. The van der Waals surface area contributed by atoms with E-state index in [0.29, 0.717) is 17.2 Å². The molecule has 1 fully saturated rings. The van der Waals surface area contributed by atoms with E-state index in [1.807, 2.05) is 26.0 Å². The normalized spacial score (nSPS) is 18.8. The van der Waals surface area contributed by atoms with Crippen molar-refractivity contribution >= 4 is 23.2 Å². The Kier molecular flexibility index (Phi) is 7.43. The molecule has 3 rings (SSSR count). The van der Waals surface area contributed by atoms with Crippen LogP contribution in [0, 0.1) is 5.92 Å². The van der Waals surface area contributed by atoms with Gasteiger partial charge in [0.1, 0.15) is 5.75 Å². The zero-order chi connectivity index (χ0) is 20.8. The van der Waals surface area contributed by atoms with E-state index < -0.39 is 6.10 Å². The highest BCUT2D eigenvalue weighted by atomic mass is 35.5. The molecule has 0 aliphatic carbocycles. The number of hydrogen-bond acceptors (Lipinski definition) is 3. The third-order valence-electron chi connectivity index (χ3n) is 5.51. The number of nitrogens with one attached hydrogen (secondary N) is 1. The highest BCUT2D eigenvalue weighted by Gasteiger charge is 2.21. The molecular formula is C24H31ClN2O2. The van der Waals surface area contributed by atoms with Crippen molar-refractivity contribution in [2.45, 2.75) is 52.2 Å². The standard InChI is InChI=1S/C24H31ClN2O2/c1-4-23(29-22-9-5-8-20(25)15-22)24(28)26-18(3)19-10-12-21(13-11-19)27-14-6-7-17(2)16-27/h5,8-13,15,17-18,23H,4,6-7,14,16H2,1-3H3,(H,26,28)/t17-,18+,23+/m1/s1. The van der Waals surface area contributed by atoms with Crippen LogP contribution in [-0.2, 0) is 4.79 Å². The summed E-state index contributed by atoms with van der Waals surface area (Å²) in [6.45, 7) is 8.49. The van der Waals surface area contributed by atoms with Crippen molar-refractivity contribution in [3.8, 4) is 5.75 Å². The van der Waals surface area contributed by atoms with E-state index in [9.17, 15) is 4.79 Å². The third kappa shape index (κ3) is 5.89. The van der Waals surface area contributed by atoms with Gasteiger partial charge >= 0.3 is 0 Å². The molecule has 0 bridgehead atoms. The van der Waals surface area contributed by atoms with Crippen LogP contribution >= 0.6 is 11.6 Å². The molecule has 0 radical (unpaired) electrons. The maximum atomic E-state index is 12.7. The summed E-state index contributed by atoms with van der Waals surface area (Å²) in [6.07, 6.45) is 2.59. The van der Waals surface area contributed by atoms with Crippen LogP contribution in [0.3, 0.4) is 0 Å². The van der Waals surface area contributed by atoms with Gasteiger partial charge in [-0.3, -0.25) is 4.79 Å². The van der Waals surface area contributed by atoms with Crippen molar-refractivity contribution in [3.63, 3.8) is 0 Å². The topological polar surface area (TPSA) is 41.6 Å². The van der Waals surface area contributed by atoms with Gasteiger partial charge in [-0.2, -0.15) is 0 Å². The Morgan fingerprint density at radius 2 is 2.03 bits per heavy atom. The molecule has 1 saturated heterocycles. The fourth-order valence-corrected chi connectivity index (χ4v) is 3.99. The van der Waals surface area contributed by atoms with Gasteiger partial charge in [0.2, 0.25) is 0 Å². The lowest BCUT2D eigenvalue weighted by atomic mass is 9.99. The van der Waals surface area contributed by atoms with Crippen LogP contribution in [0.1, 0.15) is 51.6 Å². The number of anilines is 1. The molecule has 1 amide bonds. The first-order chi connectivity index (χ1) is 14.0. The average Bonchev–Trinajstić information content (AvgIpc) is 2.72. The summed E-state index contributed by atoms with van der Waals surface area (Å²) in [6, 6.07) is 15.6. The Morgan fingerprint density at radius 3 is 2.69 bits per heavy atom. The minimum Gasteiger partial charge on any atom is -0.481 e. The van der Waals surface area contributed by atoms with Crippen molar-refractivity contribution in [1.82, 2.24) is 5.32 Å². The summed E-state index contributed by atoms with van der Waals surface area (Å²) in [5, 5.41) is 3.67. The monoisotopic (exact) mass is 414 g/mol. The van der Waals surface area contributed by atoms with Gasteiger partial charge in [-0.15, -0.1) is 0 Å². The molecule has 2 aromatic rings. The van der Waals surface area contributed by atoms with Gasteiger partial charge in [0, 0.05) is 23.8 Å². The molecule has 4 nitrogen and oxygen atoms in total. The molecule has 29 heavy (non-hydrogen) atoms. The van der Waals surface area contributed by atoms with Crippen LogP contribution in [0.15, 0.2) is 48.5 Å². The van der Waals surface area contributed by atoms with Crippen molar-refractivity contribution in [2.75, 3.05) is 18.0 Å². The molecule has 0 saturated carbocycles. The second kappa shape index (κ2) is 10.0. The Hall–Kier alpha value is -2.20. The molecule has 1 aliphatic rings. The second-order valence-electron chi connectivity index (χ2n) is 7.99. The summed E-state index contributed by atoms with van der Waals surface area (Å²) in [7, 11) is 0. The van der Waals surface area contributed by atoms with E-state index in [1.165, 1.54) is 18.5 Å². The lowest BCUT2D eigenvalue weighted by molar-refractivity contribution is -0.128. The zero-order valence-electron chi connectivity index (χ0n) is 17.5. The Bertz CT molecular complexity index is 809. The summed E-state index contributed by atoms with van der Waals surface area (Å²) >= 11 is 6.01. The first-order valence-electron chi connectivity index (χ1n) is 10.5. The molecule has 1 heterocycles. The van der Waals surface area contributed by atoms with Crippen LogP contribution in [0.2, 0.25) is 5.02 Å². The zero-order valence-corrected chi connectivity index (χ0v) is 18.3. The fourth-order valence-electron chi connectivity index (χ4n) is 3.81. The van der Waals surface area contributed by atoms with E-state index in [0.717, 1.165) is 24.6 Å². The number of hydrogen-bond donors (Lipinski definition) is 1. The summed E-state index contributed by atoms with van der Waals surface area (Å²) < 4.78 is 5.85. The molecule has 1 N–H and O–H groups in total. The van der Waals surface area contributed by atoms with E-state index in [-0.39, 0.29) is 11.9 Å². The molecule has 5 heteroatoms. The minimum atomic E-state index is -0.551. The van der Waals surface area contributed by atoms with E-state index in [4.69, 9.17) is 16.3 Å². The molecule has 3 atom stereocenters. The molecule has 0 aromatic heterocycles. The second-order valence-corrected chi connectivity index (χ2v) is 8.42. The number of nitrogens with zero attached hydrogens (tertiary/aromatic N) is 1. The highest BCUT2D eigenvalue weighted by molar-refractivity contribution is 6.30. The summed E-state index contributed by atoms with van der Waals surface area (Å²) in [4.78, 5) is 15.2. The third-order valence-corrected chi connectivity index (χ3v) is 5.75. The van der Waals surface area contributed by atoms with Gasteiger partial charge in [-0.05, 0) is 68.0 Å². The fraction of sp³-hybridized carbons (Fsp3) is 0.458. The Balaban J connectivity index is 1.59. The predicted molar refractivity (Wildman–Crippen MR) is 120 cm³/mol. The number of amides is 1. The lowest BCUT2D eigenvalue weighted by Crippen LogP contribution is -2.39. The van der Waals surface area contributed by atoms with Crippen LogP contribution in [-0.4, -0.2) is 25.1 Å². The number of piperidine rings is 1. The maximum Gasteiger partial charge on any atom is 0.261 e. The Morgan fingerprint density at radius 1 is 1.28 bits per heavy atom. The van der Waals surface area contributed by atoms with Crippen molar-refractivity contribution in [2.24, 2.45) is 5.92 Å². The lowest BCUT2D eigenvalue weighted by Gasteiger charge is -2.33. The largest absolute Gasteiger partial charge is 0.481 e. The van der Waals surface area contributed by atoms with Crippen molar-refractivity contribution in [1.29, 1.82) is 0 Å². The molecule has 0 spiro atoms. The highest BCUT2D eigenvalue weighted by Crippen LogP contribution is 2.25. The molecular weight excluding hydrogens is 384 g/mol. The maximum absolute atomic E-state index is 12.7. The number of carbonyl (C=O) groups is 1. The van der Waals surface area contributed by atoms with Crippen LogP contribution in [0.5, 0.6) is 5.75 Å². The summed E-state index contributed by atoms with van der Waals surface area (Å²) in [5.74, 6) is 1.23. The van der Waals surface area contributed by atoms with E-state index >= 15 is 0 Å². The number of carbonyl (C=O) groups excluding carboxylic acids is 1. The molecule has 0 unspecified atom stereocenters. The van der Waals surface area contributed by atoms with Gasteiger partial charge in [0.15, 0.2) is 6.10 Å². The van der Waals surface area contributed by atoms with Crippen molar-refractivity contribution in [3.05, 3.63) is 59.1 Å². The number of rotatable bonds is 7. The van der Waals surface area contributed by atoms with E-state index in [1.54, 1.807) is 12.1 Å². The van der Waals surface area contributed by atoms with Gasteiger partial charge in [-0.25, -0.2) is 0 Å². The predicted octanol–water partition coefficient (Wildman–Crippen LogP) is 5.61. The minimum absolute atomic E-state index is 0.0890. The Labute approximate surface area is 179 Å². The van der Waals surface area contributed by atoms with Gasteiger partial charge in [-0.1, -0.05) is 43.6 Å². The number of benzene rings is 2. The smallest absolute Gasteiger partial charge is 0.261 e. The van der Waals surface area contributed by atoms with Crippen LogP contribution in [0.25, 0.3) is 0 Å². The first-order valence-corrected chi connectivity index (χ1v) is 10.9. The molecule has 156 valence electrons. The molecule has 1 aliphatic heterocycles. The number of ether oxygens (including phenoxy) is 1. The SMILES string of the molecule is CC[C@H](Oc1cccc(Cl)c1)C(=O)N[C@@H](C)c1ccc(N2CCC[C@@H](C)C2)cc1. The number of halogens is 1. The van der Waals surface area contributed by atoms with E-state index in [2.05, 4.69) is 41.4 Å². The summed E-state index contributed by atoms with van der Waals surface area (Å²) in [5.41, 5.74) is 2.35. The quantitative estimate of drug-likeness (QED) is 0.640. The van der Waals surface area contributed by atoms with Gasteiger partial charge in [0.25, 0.3) is 5.91 Å². The van der Waals surface area contributed by atoms with Gasteiger partial charge in [0.05, 0.1) is 6.04 Å². The average molecular weight is 415 g/mol.